The molecule has 1 aromatic heterocycles. The molecule has 2 heteroatoms. The minimum Gasteiger partial charge on any atom is -0.455 e. The van der Waals surface area contributed by atoms with Crippen molar-refractivity contribution in [3.8, 4) is 55.6 Å². The van der Waals surface area contributed by atoms with Crippen LogP contribution in [0, 0.1) is 0 Å². The zero-order valence-corrected chi connectivity index (χ0v) is 34.5. The molecule has 1 N–H and O–H groups in total. The van der Waals surface area contributed by atoms with Crippen molar-refractivity contribution in [2.75, 3.05) is 5.32 Å². The number of benzene rings is 10. The summed E-state index contributed by atoms with van der Waals surface area (Å²) in [5.41, 5.74) is 20.0. The number of hydrogen-bond donors (Lipinski definition) is 1. The molecular weight excluding hydrogens is 763 g/mol. The maximum atomic E-state index is 6.60. The number of nitrogens with one attached hydrogen (secondary N) is 1. The van der Waals surface area contributed by atoms with E-state index in [9.17, 15) is 0 Å². The van der Waals surface area contributed by atoms with Gasteiger partial charge in [0.25, 0.3) is 0 Å². The molecule has 0 bridgehead atoms. The first-order chi connectivity index (χ1) is 31.2. The average Bonchev–Trinajstić information content (AvgIpc) is 3.89. The van der Waals surface area contributed by atoms with Gasteiger partial charge in [-0.15, -0.1) is 0 Å². The van der Waals surface area contributed by atoms with Crippen LogP contribution in [0.4, 0.5) is 11.4 Å². The highest BCUT2D eigenvalue weighted by atomic mass is 16.3. The number of para-hydroxylation sites is 2. The zero-order valence-electron chi connectivity index (χ0n) is 34.5. The van der Waals surface area contributed by atoms with Crippen LogP contribution in [-0.2, 0) is 5.41 Å². The van der Waals surface area contributed by atoms with Crippen molar-refractivity contribution in [3.05, 3.63) is 265 Å². The van der Waals surface area contributed by atoms with E-state index in [4.69, 9.17) is 4.42 Å². The molecule has 2 nitrogen and oxygen atoms in total. The molecule has 0 spiro atoms. The number of fused-ring (bicyclic) bond motifs is 6. The van der Waals surface area contributed by atoms with Gasteiger partial charge >= 0.3 is 0 Å². The number of rotatable bonds is 8. The van der Waals surface area contributed by atoms with Crippen LogP contribution in [0.1, 0.15) is 22.3 Å². The average molecular weight is 804 g/mol. The molecule has 0 unspecified atom stereocenters. The lowest BCUT2D eigenvalue weighted by Gasteiger charge is -2.34. The van der Waals surface area contributed by atoms with Crippen LogP contribution in [0.25, 0.3) is 77.6 Å². The molecule has 0 radical (unpaired) electrons. The molecule has 10 aromatic carbocycles. The lowest BCUT2D eigenvalue weighted by molar-refractivity contribution is 0.670. The summed E-state index contributed by atoms with van der Waals surface area (Å²) in [6.45, 7) is 0. The van der Waals surface area contributed by atoms with Crippen LogP contribution in [-0.4, -0.2) is 0 Å². The van der Waals surface area contributed by atoms with Gasteiger partial charge in [-0.3, -0.25) is 0 Å². The molecule has 1 heterocycles. The quantitative estimate of drug-likeness (QED) is 0.166. The van der Waals surface area contributed by atoms with E-state index in [2.05, 4.69) is 242 Å². The zero-order chi connectivity index (χ0) is 41.7. The van der Waals surface area contributed by atoms with Gasteiger partial charge in [-0.1, -0.05) is 212 Å². The van der Waals surface area contributed by atoms with E-state index in [1.54, 1.807) is 0 Å². The molecule has 0 aliphatic heterocycles. The number of hydrogen-bond acceptors (Lipinski definition) is 2. The summed E-state index contributed by atoms with van der Waals surface area (Å²) >= 11 is 0. The van der Waals surface area contributed by atoms with E-state index in [-0.39, 0.29) is 0 Å². The van der Waals surface area contributed by atoms with Gasteiger partial charge in [-0.05, 0) is 97.1 Å². The van der Waals surface area contributed by atoms with Crippen LogP contribution in [0.15, 0.2) is 247 Å². The first-order valence-corrected chi connectivity index (χ1v) is 21.7. The monoisotopic (exact) mass is 803 g/mol. The van der Waals surface area contributed by atoms with E-state index in [1.807, 2.05) is 6.07 Å². The van der Waals surface area contributed by atoms with E-state index >= 15 is 0 Å². The number of anilines is 2. The van der Waals surface area contributed by atoms with Crippen LogP contribution < -0.4 is 5.32 Å². The normalized spacial score (nSPS) is 12.6. The van der Waals surface area contributed by atoms with Crippen molar-refractivity contribution in [3.63, 3.8) is 0 Å². The molecule has 0 saturated heterocycles. The van der Waals surface area contributed by atoms with Crippen molar-refractivity contribution < 1.29 is 4.42 Å². The highest BCUT2D eigenvalue weighted by Gasteiger charge is 2.46. The van der Waals surface area contributed by atoms with E-state index in [0.29, 0.717) is 0 Å². The molecule has 0 fully saturated rings. The van der Waals surface area contributed by atoms with Crippen LogP contribution in [0.2, 0.25) is 0 Å². The van der Waals surface area contributed by atoms with Crippen molar-refractivity contribution in [2.45, 2.75) is 5.41 Å². The summed E-state index contributed by atoms with van der Waals surface area (Å²) in [5, 5.41) is 6.23. The molecule has 0 saturated carbocycles. The second-order valence-corrected chi connectivity index (χ2v) is 16.4. The summed E-state index contributed by atoms with van der Waals surface area (Å²) in [6.07, 6.45) is 0. The van der Waals surface area contributed by atoms with Crippen LogP contribution >= 0.6 is 0 Å². The van der Waals surface area contributed by atoms with Gasteiger partial charge in [-0.25, -0.2) is 0 Å². The van der Waals surface area contributed by atoms with E-state index in [1.165, 1.54) is 44.5 Å². The standard InChI is InChI=1S/C61H41NO/c1-4-17-41(18-5-1)42-31-33-43(34-32-42)48-23-10-11-24-50(48)55-39-44(49-27-16-28-54-53-26-13-15-30-59(53)63-60(49)54)35-38-58(55)62-47-36-37-52-51-25-12-14-29-56(51)61(57(52)40-47,45-19-6-2-7-20-45)46-21-8-3-9-22-46/h1-40,62H. The third kappa shape index (κ3) is 6.02. The van der Waals surface area contributed by atoms with Crippen molar-refractivity contribution in [1.29, 1.82) is 0 Å². The minimum atomic E-state index is -0.497. The molecule has 63 heavy (non-hydrogen) atoms. The van der Waals surface area contributed by atoms with Crippen LogP contribution in [0.5, 0.6) is 0 Å². The lowest BCUT2D eigenvalue weighted by atomic mass is 9.67. The Kier molecular flexibility index (Phi) is 8.76. The smallest absolute Gasteiger partial charge is 0.143 e. The Hall–Kier alpha value is -8.20. The fourth-order valence-corrected chi connectivity index (χ4v) is 10.1. The lowest BCUT2D eigenvalue weighted by Crippen LogP contribution is -2.28. The van der Waals surface area contributed by atoms with Crippen molar-refractivity contribution >= 4 is 33.3 Å². The second kappa shape index (κ2) is 15.1. The Morgan fingerprint density at radius 1 is 0.317 bits per heavy atom. The summed E-state index contributed by atoms with van der Waals surface area (Å²) in [6, 6.07) is 87.7. The van der Waals surface area contributed by atoms with Crippen molar-refractivity contribution in [1.82, 2.24) is 0 Å². The molecule has 11 aromatic rings. The topological polar surface area (TPSA) is 25.2 Å². The largest absolute Gasteiger partial charge is 0.455 e. The fourth-order valence-electron chi connectivity index (χ4n) is 10.1. The van der Waals surface area contributed by atoms with Crippen molar-refractivity contribution in [2.24, 2.45) is 0 Å². The predicted molar refractivity (Wildman–Crippen MR) is 262 cm³/mol. The summed E-state index contributed by atoms with van der Waals surface area (Å²) in [5.74, 6) is 0. The molecule has 1 aliphatic carbocycles. The fraction of sp³-hybridized carbons (Fsp3) is 0.0164. The predicted octanol–water partition coefficient (Wildman–Crippen LogP) is 16.4. The Labute approximate surface area is 367 Å². The SMILES string of the molecule is c1ccc(-c2ccc(-c3ccccc3-c3cc(-c4cccc5c4oc4ccccc45)ccc3Nc3ccc4c(c3)C(c3ccccc3)(c3ccccc3)c3ccccc3-4)cc2)cc1. The maximum absolute atomic E-state index is 6.60. The molecular formula is C61H41NO. The van der Waals surface area contributed by atoms with Gasteiger partial charge in [-0.2, -0.15) is 0 Å². The van der Waals surface area contributed by atoms with Crippen LogP contribution in [0.3, 0.4) is 0 Å². The van der Waals surface area contributed by atoms with E-state index in [0.717, 1.165) is 66.7 Å². The maximum Gasteiger partial charge on any atom is 0.143 e. The van der Waals surface area contributed by atoms with Gasteiger partial charge in [0.05, 0.1) is 5.41 Å². The minimum absolute atomic E-state index is 0.497. The third-order valence-electron chi connectivity index (χ3n) is 13.0. The molecule has 1 aliphatic rings. The third-order valence-corrected chi connectivity index (χ3v) is 13.0. The molecule has 0 amide bonds. The van der Waals surface area contributed by atoms with Gasteiger partial charge < -0.3 is 9.73 Å². The van der Waals surface area contributed by atoms with Gasteiger partial charge in [0.15, 0.2) is 0 Å². The Morgan fingerprint density at radius 2 is 0.873 bits per heavy atom. The summed E-state index contributed by atoms with van der Waals surface area (Å²) in [4.78, 5) is 0. The van der Waals surface area contributed by atoms with E-state index < -0.39 is 5.41 Å². The highest BCUT2D eigenvalue weighted by molar-refractivity contribution is 6.10. The van der Waals surface area contributed by atoms with Gasteiger partial charge in [0, 0.05) is 33.3 Å². The summed E-state index contributed by atoms with van der Waals surface area (Å²) in [7, 11) is 0. The highest BCUT2D eigenvalue weighted by Crippen LogP contribution is 2.57. The second-order valence-electron chi connectivity index (χ2n) is 16.4. The first kappa shape index (κ1) is 36.6. The first-order valence-electron chi connectivity index (χ1n) is 21.7. The Bertz CT molecular complexity index is 3420. The molecule has 296 valence electrons. The summed E-state index contributed by atoms with van der Waals surface area (Å²) < 4.78 is 6.60. The van der Waals surface area contributed by atoms with Gasteiger partial charge in [0.2, 0.25) is 0 Å². The van der Waals surface area contributed by atoms with Gasteiger partial charge in [0.1, 0.15) is 11.2 Å². The Balaban J connectivity index is 1.04. The Morgan fingerprint density at radius 3 is 1.63 bits per heavy atom. The molecule has 12 rings (SSSR count). The molecule has 0 atom stereocenters. The number of furan rings is 1.